The molecule has 0 atom stereocenters. The summed E-state index contributed by atoms with van der Waals surface area (Å²) in [4.78, 5) is 14.4. The summed E-state index contributed by atoms with van der Waals surface area (Å²) in [5.74, 6) is 1.72. The van der Waals surface area contributed by atoms with Gasteiger partial charge in [-0.15, -0.1) is 5.10 Å². The van der Waals surface area contributed by atoms with Gasteiger partial charge in [0.25, 0.3) is 0 Å². The van der Waals surface area contributed by atoms with Gasteiger partial charge in [0.1, 0.15) is 11.6 Å². The molecule has 0 fully saturated rings. The Balaban J connectivity index is 1.57. The average Bonchev–Trinajstić information content (AvgIpc) is 2.63. The van der Waals surface area contributed by atoms with E-state index in [0.717, 1.165) is 40.4 Å². The summed E-state index contributed by atoms with van der Waals surface area (Å²) in [5, 5.41) is 11.3. The number of rotatable bonds is 5. The molecular formula is C19H24N4O2. The Morgan fingerprint density at radius 2 is 2.04 bits per heavy atom. The van der Waals surface area contributed by atoms with E-state index in [1.54, 1.807) is 0 Å². The molecule has 0 radical (unpaired) electrons. The highest BCUT2D eigenvalue weighted by Gasteiger charge is 2.22. The number of anilines is 1. The minimum atomic E-state index is 0.111. The van der Waals surface area contributed by atoms with Crippen molar-refractivity contribution in [1.82, 2.24) is 15.1 Å². The van der Waals surface area contributed by atoms with Crippen LogP contribution in [0.4, 0.5) is 5.82 Å². The third-order valence-electron chi connectivity index (χ3n) is 4.52. The zero-order valence-electron chi connectivity index (χ0n) is 15.0. The molecule has 0 spiro atoms. The van der Waals surface area contributed by atoms with Crippen LogP contribution in [0.25, 0.3) is 0 Å². The molecule has 1 aromatic heterocycles. The quantitative estimate of drug-likeness (QED) is 0.906. The summed E-state index contributed by atoms with van der Waals surface area (Å²) in [6.07, 6.45) is 1.12. The van der Waals surface area contributed by atoms with Gasteiger partial charge in [0, 0.05) is 26.6 Å². The lowest BCUT2D eigenvalue weighted by atomic mass is 10.1. The van der Waals surface area contributed by atoms with E-state index in [2.05, 4.69) is 15.5 Å². The van der Waals surface area contributed by atoms with E-state index < -0.39 is 0 Å². The monoisotopic (exact) mass is 340 g/mol. The van der Waals surface area contributed by atoms with E-state index in [4.69, 9.17) is 4.74 Å². The van der Waals surface area contributed by atoms with Crippen LogP contribution in [-0.2, 0) is 17.8 Å². The maximum absolute atomic E-state index is 12.5. The first kappa shape index (κ1) is 17.2. The van der Waals surface area contributed by atoms with Crippen molar-refractivity contribution in [2.24, 2.45) is 0 Å². The minimum absolute atomic E-state index is 0.111. The van der Waals surface area contributed by atoms with Gasteiger partial charge in [0.15, 0.2) is 0 Å². The van der Waals surface area contributed by atoms with Crippen LogP contribution in [0.5, 0.6) is 5.75 Å². The minimum Gasteiger partial charge on any atom is -0.493 e. The number of ether oxygens (including phenoxy) is 1. The van der Waals surface area contributed by atoms with Crippen LogP contribution in [0, 0.1) is 13.8 Å². The Hall–Kier alpha value is -2.63. The molecule has 0 saturated heterocycles. The molecule has 6 heteroatoms. The molecule has 1 amide bonds. The number of fused-ring (bicyclic) bond motifs is 1. The third kappa shape index (κ3) is 3.90. The molecule has 3 rings (SSSR count). The molecule has 0 saturated carbocycles. The number of carbonyl (C=O) groups excluding carboxylic acids is 1. The fraction of sp³-hybridized carbons (Fsp3) is 0.421. The Morgan fingerprint density at radius 1 is 1.28 bits per heavy atom. The Kier molecular flexibility index (Phi) is 5.16. The van der Waals surface area contributed by atoms with Crippen LogP contribution in [0.3, 0.4) is 0 Å². The first-order valence-corrected chi connectivity index (χ1v) is 8.58. The lowest BCUT2D eigenvalue weighted by molar-refractivity contribution is -0.132. The highest BCUT2D eigenvalue weighted by molar-refractivity contribution is 5.76. The number of hydrogen-bond acceptors (Lipinski definition) is 5. The fourth-order valence-corrected chi connectivity index (χ4v) is 3.09. The second kappa shape index (κ2) is 7.51. The molecular weight excluding hydrogens is 316 g/mol. The molecule has 0 bridgehead atoms. The number of aromatic nitrogens is 2. The first-order chi connectivity index (χ1) is 12.1. The van der Waals surface area contributed by atoms with Gasteiger partial charge in [-0.1, -0.05) is 18.2 Å². The number of nitrogens with zero attached hydrogens (tertiary/aromatic N) is 3. The van der Waals surface area contributed by atoms with Gasteiger partial charge in [-0.3, -0.25) is 4.79 Å². The molecule has 2 aromatic rings. The molecule has 0 aliphatic carbocycles. The first-order valence-electron chi connectivity index (χ1n) is 8.58. The zero-order chi connectivity index (χ0) is 17.8. The molecule has 0 unspecified atom stereocenters. The number of amides is 1. The summed E-state index contributed by atoms with van der Waals surface area (Å²) < 4.78 is 5.86. The zero-order valence-corrected chi connectivity index (χ0v) is 15.0. The number of carbonyl (C=O) groups is 1. The van der Waals surface area contributed by atoms with Crippen LogP contribution in [-0.4, -0.2) is 41.2 Å². The van der Waals surface area contributed by atoms with E-state index in [-0.39, 0.29) is 5.91 Å². The second-order valence-electron chi connectivity index (χ2n) is 6.34. The smallest absolute Gasteiger partial charge is 0.226 e. The second-order valence-corrected chi connectivity index (χ2v) is 6.34. The Bertz CT molecular complexity index is 756. The van der Waals surface area contributed by atoms with Crippen molar-refractivity contribution in [1.29, 1.82) is 0 Å². The number of aryl methyl sites for hydroxylation is 2. The molecule has 6 nitrogen and oxygen atoms in total. The van der Waals surface area contributed by atoms with Crippen molar-refractivity contribution in [2.75, 3.05) is 25.5 Å². The SMILES string of the molecule is CNc1cc2c(nn1)CCN(C(=O)CCOc1c(C)cccc1C)C2. The van der Waals surface area contributed by atoms with Crippen molar-refractivity contribution in [3.8, 4) is 5.75 Å². The van der Waals surface area contributed by atoms with E-state index in [0.29, 0.717) is 26.1 Å². The molecule has 132 valence electrons. The van der Waals surface area contributed by atoms with Gasteiger partial charge >= 0.3 is 0 Å². The van der Waals surface area contributed by atoms with Gasteiger partial charge in [0.2, 0.25) is 5.91 Å². The maximum atomic E-state index is 12.5. The Morgan fingerprint density at radius 3 is 2.76 bits per heavy atom. The topological polar surface area (TPSA) is 67.4 Å². The van der Waals surface area contributed by atoms with Crippen LogP contribution < -0.4 is 10.1 Å². The van der Waals surface area contributed by atoms with Gasteiger partial charge in [-0.25, -0.2) is 0 Å². The number of para-hydroxylation sites is 1. The largest absolute Gasteiger partial charge is 0.493 e. The Labute approximate surface area is 148 Å². The lowest BCUT2D eigenvalue weighted by Crippen LogP contribution is -2.37. The van der Waals surface area contributed by atoms with Gasteiger partial charge in [-0.05, 0) is 36.6 Å². The van der Waals surface area contributed by atoms with Crippen LogP contribution in [0.1, 0.15) is 28.8 Å². The van der Waals surface area contributed by atoms with Crippen LogP contribution >= 0.6 is 0 Å². The molecule has 1 aromatic carbocycles. The van der Waals surface area contributed by atoms with Gasteiger partial charge < -0.3 is 15.0 Å². The molecule has 25 heavy (non-hydrogen) atoms. The van der Waals surface area contributed by atoms with Gasteiger partial charge in [-0.2, -0.15) is 5.10 Å². The van der Waals surface area contributed by atoms with Crippen LogP contribution in [0.2, 0.25) is 0 Å². The lowest BCUT2D eigenvalue weighted by Gasteiger charge is -2.28. The van der Waals surface area contributed by atoms with Crippen molar-refractivity contribution >= 4 is 11.7 Å². The number of nitrogens with one attached hydrogen (secondary N) is 1. The third-order valence-corrected chi connectivity index (χ3v) is 4.52. The summed E-state index contributed by atoms with van der Waals surface area (Å²) in [5.41, 5.74) is 4.24. The summed E-state index contributed by atoms with van der Waals surface area (Å²) >= 11 is 0. The average molecular weight is 340 g/mol. The fourth-order valence-electron chi connectivity index (χ4n) is 3.09. The highest BCUT2D eigenvalue weighted by atomic mass is 16.5. The maximum Gasteiger partial charge on any atom is 0.226 e. The van der Waals surface area contributed by atoms with Crippen molar-refractivity contribution < 1.29 is 9.53 Å². The molecule has 2 heterocycles. The van der Waals surface area contributed by atoms with Gasteiger partial charge in [0.05, 0.1) is 18.7 Å². The van der Waals surface area contributed by atoms with Crippen molar-refractivity contribution in [3.63, 3.8) is 0 Å². The number of benzene rings is 1. The molecule has 1 N–H and O–H groups in total. The summed E-state index contributed by atoms with van der Waals surface area (Å²) in [6.45, 7) is 5.70. The molecule has 1 aliphatic heterocycles. The van der Waals surface area contributed by atoms with Crippen LogP contribution in [0.15, 0.2) is 24.3 Å². The highest BCUT2D eigenvalue weighted by Crippen LogP contribution is 2.23. The van der Waals surface area contributed by atoms with Crippen molar-refractivity contribution in [2.45, 2.75) is 33.2 Å². The van der Waals surface area contributed by atoms with E-state index in [1.807, 2.05) is 50.1 Å². The van der Waals surface area contributed by atoms with E-state index in [9.17, 15) is 4.79 Å². The number of hydrogen-bond donors (Lipinski definition) is 1. The summed E-state index contributed by atoms with van der Waals surface area (Å²) in [7, 11) is 1.81. The predicted molar refractivity (Wildman–Crippen MR) is 96.7 cm³/mol. The van der Waals surface area contributed by atoms with E-state index >= 15 is 0 Å². The normalized spacial score (nSPS) is 13.3. The summed E-state index contributed by atoms with van der Waals surface area (Å²) in [6, 6.07) is 8.02. The van der Waals surface area contributed by atoms with E-state index in [1.165, 1.54) is 0 Å². The molecule has 1 aliphatic rings. The van der Waals surface area contributed by atoms with Crippen molar-refractivity contribution in [3.05, 3.63) is 46.6 Å². The predicted octanol–water partition coefficient (Wildman–Crippen LogP) is 2.49. The standard InChI is InChI=1S/C19H24N4O2/c1-13-5-4-6-14(2)19(13)25-10-8-18(24)23-9-7-16-15(12-23)11-17(20-3)22-21-16/h4-6,11H,7-10,12H2,1-3H3,(H,20,22).